The molecule has 9 heteroatoms. The van der Waals surface area contributed by atoms with Crippen molar-refractivity contribution >= 4 is 48.9 Å². The molecule has 20 heavy (non-hydrogen) atoms. The summed E-state index contributed by atoms with van der Waals surface area (Å²) in [6.07, 6.45) is 0.865. The molecule has 0 radical (unpaired) electrons. The topological polar surface area (TPSA) is 66.8 Å². The Bertz CT molecular complexity index is 564. The molecule has 0 aliphatic carbocycles. The molecule has 0 amide bonds. The Morgan fingerprint density at radius 1 is 1.55 bits per heavy atom. The summed E-state index contributed by atoms with van der Waals surface area (Å²) in [6.45, 7) is 0.938. The lowest BCUT2D eigenvalue weighted by atomic mass is 9.95. The van der Waals surface area contributed by atoms with Gasteiger partial charge in [0.15, 0.2) is 0 Å². The van der Waals surface area contributed by atoms with Gasteiger partial charge in [-0.1, -0.05) is 11.6 Å². The average molecular weight is 405 g/mol. The first-order valence-electron chi connectivity index (χ1n) is 5.96. The van der Waals surface area contributed by atoms with Gasteiger partial charge in [0.25, 0.3) is 10.0 Å². The van der Waals surface area contributed by atoms with Crippen LogP contribution in [0.3, 0.4) is 0 Å². The van der Waals surface area contributed by atoms with Gasteiger partial charge < -0.3 is 9.84 Å². The molecule has 1 aromatic rings. The van der Waals surface area contributed by atoms with Crippen LogP contribution < -0.4 is 0 Å². The fourth-order valence-electron chi connectivity index (χ4n) is 2.02. The van der Waals surface area contributed by atoms with E-state index in [9.17, 15) is 13.5 Å². The van der Waals surface area contributed by atoms with Crippen LogP contribution in [0.1, 0.15) is 12.8 Å². The highest BCUT2D eigenvalue weighted by atomic mass is 79.9. The number of sulfonamides is 1. The van der Waals surface area contributed by atoms with E-state index in [0.717, 1.165) is 11.3 Å². The second-order valence-electron chi connectivity index (χ2n) is 4.78. The first-order chi connectivity index (χ1) is 9.24. The van der Waals surface area contributed by atoms with Crippen molar-refractivity contribution in [3.63, 3.8) is 0 Å². The second kappa shape index (κ2) is 6.20. The Labute approximate surface area is 135 Å². The van der Waals surface area contributed by atoms with E-state index in [1.54, 1.807) is 0 Å². The highest BCUT2D eigenvalue weighted by Crippen LogP contribution is 2.36. The van der Waals surface area contributed by atoms with E-state index in [1.807, 2.05) is 0 Å². The summed E-state index contributed by atoms with van der Waals surface area (Å²) in [5.74, 6) is 0. The maximum Gasteiger partial charge on any atom is 0.252 e. The molecule has 0 saturated carbocycles. The van der Waals surface area contributed by atoms with E-state index in [2.05, 4.69) is 15.9 Å². The van der Waals surface area contributed by atoms with Gasteiger partial charge in [-0.3, -0.25) is 0 Å². The maximum absolute atomic E-state index is 12.4. The molecule has 1 saturated heterocycles. The van der Waals surface area contributed by atoms with Gasteiger partial charge in [0.1, 0.15) is 4.21 Å². The number of thiophene rings is 1. The number of rotatable bonds is 4. The first kappa shape index (κ1) is 16.7. The van der Waals surface area contributed by atoms with Gasteiger partial charge in [-0.05, 0) is 22.0 Å². The van der Waals surface area contributed by atoms with E-state index < -0.39 is 15.6 Å². The lowest BCUT2D eigenvalue weighted by Crippen LogP contribution is -2.47. The molecule has 0 spiro atoms. The van der Waals surface area contributed by atoms with E-state index in [1.165, 1.54) is 17.4 Å². The molecule has 0 atom stereocenters. The third-order valence-corrected chi connectivity index (χ3v) is 7.95. The van der Waals surface area contributed by atoms with E-state index in [-0.39, 0.29) is 10.8 Å². The number of likely N-dealkylation sites (N-methyl/N-ethyl adjacent to an activating group) is 1. The third-order valence-electron chi connectivity index (χ3n) is 3.23. The van der Waals surface area contributed by atoms with Crippen molar-refractivity contribution in [2.24, 2.45) is 0 Å². The second-order valence-corrected chi connectivity index (χ2v) is 9.83. The van der Waals surface area contributed by atoms with Crippen LogP contribution >= 0.6 is 38.9 Å². The van der Waals surface area contributed by atoms with E-state index in [0.29, 0.717) is 34.9 Å². The summed E-state index contributed by atoms with van der Waals surface area (Å²) in [5.41, 5.74) is -1.03. The third kappa shape index (κ3) is 3.55. The minimum absolute atomic E-state index is 0.0475. The highest BCUT2D eigenvalue weighted by molar-refractivity contribution is 9.11. The van der Waals surface area contributed by atoms with Crippen LogP contribution in [0.4, 0.5) is 0 Å². The minimum atomic E-state index is -3.64. The van der Waals surface area contributed by atoms with Crippen LogP contribution in [-0.4, -0.2) is 50.2 Å². The average Bonchev–Trinajstić information content (AvgIpc) is 2.70. The zero-order valence-corrected chi connectivity index (χ0v) is 14.8. The summed E-state index contributed by atoms with van der Waals surface area (Å²) < 4.78 is 32.0. The quantitative estimate of drug-likeness (QED) is 0.836. The Hall–Kier alpha value is 0.300. The number of ether oxygens (including phenoxy) is 1. The molecule has 2 heterocycles. The highest BCUT2D eigenvalue weighted by Gasteiger charge is 2.35. The van der Waals surface area contributed by atoms with Crippen LogP contribution in [-0.2, 0) is 14.8 Å². The van der Waals surface area contributed by atoms with Gasteiger partial charge in [-0.15, -0.1) is 11.3 Å². The van der Waals surface area contributed by atoms with Crippen molar-refractivity contribution in [1.82, 2.24) is 4.31 Å². The lowest BCUT2D eigenvalue weighted by Gasteiger charge is -2.34. The molecular weight excluding hydrogens is 390 g/mol. The number of nitrogens with zero attached hydrogens (tertiary/aromatic N) is 1. The predicted molar refractivity (Wildman–Crippen MR) is 81.8 cm³/mol. The van der Waals surface area contributed by atoms with E-state index in [4.69, 9.17) is 16.3 Å². The SMILES string of the molecule is CN(CC1(O)CCOCC1)S(=O)(=O)c1cc(Cl)c(Br)s1. The Morgan fingerprint density at radius 3 is 2.65 bits per heavy atom. The molecule has 1 aliphatic rings. The van der Waals surface area contributed by atoms with Crippen LogP contribution in [0.5, 0.6) is 0 Å². The lowest BCUT2D eigenvalue weighted by molar-refractivity contribution is -0.0689. The van der Waals surface area contributed by atoms with Crippen LogP contribution in [0.15, 0.2) is 14.1 Å². The largest absolute Gasteiger partial charge is 0.388 e. The van der Waals surface area contributed by atoms with Crippen molar-refractivity contribution in [2.45, 2.75) is 22.7 Å². The fraction of sp³-hybridized carbons (Fsp3) is 0.636. The van der Waals surface area contributed by atoms with Crippen molar-refractivity contribution in [3.05, 3.63) is 14.9 Å². The summed E-state index contributed by atoms with van der Waals surface area (Å²) in [7, 11) is -2.18. The van der Waals surface area contributed by atoms with Gasteiger partial charge in [0, 0.05) is 39.6 Å². The Kier molecular flexibility index (Phi) is 5.16. The standard InChI is InChI=1S/C11H15BrClNO4S2/c1-14(7-11(15)2-4-18-5-3-11)20(16,17)9-6-8(13)10(12)19-9/h6,15H,2-5,7H2,1H3. The van der Waals surface area contributed by atoms with E-state index >= 15 is 0 Å². The van der Waals surface area contributed by atoms with Gasteiger partial charge in [-0.2, -0.15) is 4.31 Å². The maximum atomic E-state index is 12.4. The zero-order chi connectivity index (χ0) is 15.0. The summed E-state index contributed by atoms with van der Waals surface area (Å²) in [6, 6.07) is 1.41. The molecular formula is C11H15BrClNO4S2. The zero-order valence-electron chi connectivity index (χ0n) is 10.8. The Balaban J connectivity index is 2.16. The number of halogens is 2. The smallest absolute Gasteiger partial charge is 0.252 e. The monoisotopic (exact) mass is 403 g/mol. The molecule has 0 bridgehead atoms. The summed E-state index contributed by atoms with van der Waals surface area (Å²) in [5, 5.41) is 10.8. The van der Waals surface area contributed by atoms with Crippen molar-refractivity contribution in [1.29, 1.82) is 0 Å². The first-order valence-corrected chi connectivity index (χ1v) is 9.39. The molecule has 5 nitrogen and oxygen atoms in total. The van der Waals surface area contributed by atoms with Gasteiger partial charge in [0.2, 0.25) is 0 Å². The summed E-state index contributed by atoms with van der Waals surface area (Å²) >= 11 is 10.1. The van der Waals surface area contributed by atoms with Gasteiger partial charge >= 0.3 is 0 Å². The van der Waals surface area contributed by atoms with Gasteiger partial charge in [-0.25, -0.2) is 8.42 Å². The van der Waals surface area contributed by atoms with Crippen LogP contribution in [0.2, 0.25) is 5.02 Å². The fourth-order valence-corrected chi connectivity index (χ4v) is 5.88. The minimum Gasteiger partial charge on any atom is -0.388 e. The number of hydrogen-bond donors (Lipinski definition) is 1. The molecule has 2 rings (SSSR count). The predicted octanol–water partition coefficient (Wildman–Crippen LogP) is 2.33. The van der Waals surface area contributed by atoms with Crippen molar-refractivity contribution in [3.8, 4) is 0 Å². The normalized spacial score (nSPS) is 19.4. The van der Waals surface area contributed by atoms with Crippen LogP contribution in [0, 0.1) is 0 Å². The van der Waals surface area contributed by atoms with Crippen molar-refractivity contribution in [2.75, 3.05) is 26.8 Å². The molecule has 1 aromatic heterocycles. The molecule has 0 aromatic carbocycles. The molecule has 114 valence electrons. The molecule has 0 unspecified atom stereocenters. The molecule has 1 aliphatic heterocycles. The number of hydrogen-bond acceptors (Lipinski definition) is 5. The Morgan fingerprint density at radius 2 is 2.15 bits per heavy atom. The summed E-state index contributed by atoms with van der Waals surface area (Å²) in [4.78, 5) is 0. The van der Waals surface area contributed by atoms with Crippen molar-refractivity contribution < 1.29 is 18.3 Å². The van der Waals surface area contributed by atoms with Crippen LogP contribution in [0.25, 0.3) is 0 Å². The number of aliphatic hydroxyl groups is 1. The molecule has 1 fully saturated rings. The van der Waals surface area contributed by atoms with Gasteiger partial charge in [0.05, 0.1) is 14.4 Å². The molecule has 1 N–H and O–H groups in total.